The standard InChI is InChI=1S/C41H40N4O4/c1-7-48-39(46)31(27-42)25-29-9-17-35(18-10-29)44(5)37-21-13-33(14-22-37)41(3,4)34-15-23-38(24-16-34)45(6)36-19-11-30(12-20-36)26-32(28-43)40(47)49-8-2/h9-26H,7-8H2,1-6H3/b31-25+,32-26+. The lowest BCUT2D eigenvalue weighted by Crippen LogP contribution is -2.19. The van der Waals surface area contributed by atoms with E-state index in [9.17, 15) is 20.1 Å². The number of rotatable bonds is 12. The fourth-order valence-corrected chi connectivity index (χ4v) is 5.28. The van der Waals surface area contributed by atoms with E-state index >= 15 is 0 Å². The predicted octanol–water partition coefficient (Wildman–Crippen LogP) is 8.49. The number of hydrogen-bond acceptors (Lipinski definition) is 8. The number of anilines is 4. The van der Waals surface area contributed by atoms with E-state index in [-0.39, 0.29) is 29.8 Å². The Kier molecular flexibility index (Phi) is 11.8. The Morgan fingerprint density at radius 1 is 0.592 bits per heavy atom. The first-order valence-electron chi connectivity index (χ1n) is 16.0. The van der Waals surface area contributed by atoms with Crippen molar-refractivity contribution in [3.8, 4) is 12.1 Å². The Hall–Kier alpha value is -6.12. The van der Waals surface area contributed by atoms with E-state index in [2.05, 4.69) is 72.2 Å². The minimum absolute atomic E-state index is 0.0348. The van der Waals surface area contributed by atoms with Crippen LogP contribution in [-0.2, 0) is 24.5 Å². The third-order valence-electron chi connectivity index (χ3n) is 8.37. The third-order valence-corrected chi connectivity index (χ3v) is 8.37. The number of nitriles is 2. The van der Waals surface area contributed by atoms with Crippen LogP contribution in [0.1, 0.15) is 49.9 Å². The van der Waals surface area contributed by atoms with Gasteiger partial charge < -0.3 is 19.3 Å². The zero-order valence-electron chi connectivity index (χ0n) is 28.7. The normalized spacial score (nSPS) is 11.6. The summed E-state index contributed by atoms with van der Waals surface area (Å²) in [6, 6.07) is 36.1. The molecule has 0 amide bonds. The molecule has 49 heavy (non-hydrogen) atoms. The predicted molar refractivity (Wildman–Crippen MR) is 194 cm³/mol. The van der Waals surface area contributed by atoms with Crippen LogP contribution >= 0.6 is 0 Å². The second kappa shape index (κ2) is 16.1. The van der Waals surface area contributed by atoms with Crippen molar-refractivity contribution < 1.29 is 19.1 Å². The lowest BCUT2D eigenvalue weighted by molar-refractivity contribution is -0.138. The number of nitrogens with zero attached hydrogens (tertiary/aromatic N) is 4. The first-order chi connectivity index (χ1) is 23.5. The summed E-state index contributed by atoms with van der Waals surface area (Å²) in [5.41, 5.74) is 7.50. The first-order valence-corrected chi connectivity index (χ1v) is 16.0. The molecule has 8 heteroatoms. The molecule has 0 heterocycles. The van der Waals surface area contributed by atoms with Crippen molar-refractivity contribution in [2.24, 2.45) is 0 Å². The van der Waals surface area contributed by atoms with Crippen LogP contribution in [0.3, 0.4) is 0 Å². The number of ether oxygens (including phenoxy) is 2. The van der Waals surface area contributed by atoms with Crippen molar-refractivity contribution in [1.82, 2.24) is 0 Å². The van der Waals surface area contributed by atoms with Crippen LogP contribution < -0.4 is 9.80 Å². The van der Waals surface area contributed by atoms with E-state index in [0.717, 1.165) is 33.9 Å². The molecule has 4 rings (SSSR count). The topological polar surface area (TPSA) is 107 Å². The molecule has 0 radical (unpaired) electrons. The van der Waals surface area contributed by atoms with Gasteiger partial charge in [-0.3, -0.25) is 0 Å². The molecule has 8 nitrogen and oxygen atoms in total. The van der Waals surface area contributed by atoms with Crippen LogP contribution in [0, 0.1) is 22.7 Å². The molecule has 0 bridgehead atoms. The highest BCUT2D eigenvalue weighted by atomic mass is 16.5. The van der Waals surface area contributed by atoms with Gasteiger partial charge >= 0.3 is 11.9 Å². The van der Waals surface area contributed by atoms with Gasteiger partial charge in [0.05, 0.1) is 13.2 Å². The van der Waals surface area contributed by atoms with Gasteiger partial charge in [-0.05, 0) is 96.8 Å². The minimum atomic E-state index is -0.625. The summed E-state index contributed by atoms with van der Waals surface area (Å²) in [4.78, 5) is 28.1. The average Bonchev–Trinajstić information content (AvgIpc) is 3.13. The van der Waals surface area contributed by atoms with Crippen molar-refractivity contribution in [3.05, 3.63) is 130 Å². The quantitative estimate of drug-likeness (QED) is 0.0852. The molecule has 0 atom stereocenters. The first kappa shape index (κ1) is 35.7. The fourth-order valence-electron chi connectivity index (χ4n) is 5.28. The van der Waals surface area contributed by atoms with Crippen LogP contribution in [0.2, 0.25) is 0 Å². The second-order valence-corrected chi connectivity index (χ2v) is 11.8. The van der Waals surface area contributed by atoms with Crippen LogP contribution in [-0.4, -0.2) is 39.2 Å². The summed E-state index contributed by atoms with van der Waals surface area (Å²) < 4.78 is 9.89. The molecule has 0 unspecified atom stereocenters. The number of benzene rings is 4. The van der Waals surface area contributed by atoms with Gasteiger partial charge in [-0.1, -0.05) is 62.4 Å². The lowest BCUT2D eigenvalue weighted by Gasteiger charge is -2.28. The number of hydrogen-bond donors (Lipinski definition) is 0. The zero-order valence-corrected chi connectivity index (χ0v) is 28.7. The molecule has 0 saturated heterocycles. The van der Waals surface area contributed by atoms with Crippen molar-refractivity contribution in [2.45, 2.75) is 33.1 Å². The van der Waals surface area contributed by atoms with E-state index < -0.39 is 11.9 Å². The zero-order chi connectivity index (χ0) is 35.6. The van der Waals surface area contributed by atoms with Gasteiger partial charge in [0.1, 0.15) is 23.3 Å². The monoisotopic (exact) mass is 652 g/mol. The Balaban J connectivity index is 1.44. The maximum Gasteiger partial charge on any atom is 0.348 e. The molecule has 0 aromatic heterocycles. The smallest absolute Gasteiger partial charge is 0.348 e. The number of carbonyl (C=O) groups is 2. The van der Waals surface area contributed by atoms with Crippen molar-refractivity contribution in [2.75, 3.05) is 37.1 Å². The molecule has 0 spiro atoms. The molecule has 4 aromatic carbocycles. The van der Waals surface area contributed by atoms with Gasteiger partial charge in [-0.25, -0.2) is 9.59 Å². The highest BCUT2D eigenvalue weighted by Gasteiger charge is 2.23. The highest BCUT2D eigenvalue weighted by Crippen LogP contribution is 2.35. The van der Waals surface area contributed by atoms with Gasteiger partial charge in [-0.2, -0.15) is 10.5 Å². The average molecular weight is 653 g/mol. The van der Waals surface area contributed by atoms with E-state index in [1.165, 1.54) is 23.3 Å². The molecule has 0 fully saturated rings. The number of esters is 2. The van der Waals surface area contributed by atoms with E-state index in [1.54, 1.807) is 13.8 Å². The third kappa shape index (κ3) is 8.62. The highest BCUT2D eigenvalue weighted by molar-refractivity contribution is 5.98. The van der Waals surface area contributed by atoms with Gasteiger partial charge in [-0.15, -0.1) is 0 Å². The summed E-state index contributed by atoms with van der Waals surface area (Å²) in [5, 5.41) is 18.6. The molecule has 248 valence electrons. The second-order valence-electron chi connectivity index (χ2n) is 11.8. The Labute approximate surface area is 288 Å². The van der Waals surface area contributed by atoms with E-state index in [4.69, 9.17) is 9.47 Å². The summed E-state index contributed by atoms with van der Waals surface area (Å²) in [6.07, 6.45) is 3.06. The Morgan fingerprint density at radius 3 is 1.14 bits per heavy atom. The van der Waals surface area contributed by atoms with Gasteiger partial charge in [0.2, 0.25) is 0 Å². The van der Waals surface area contributed by atoms with Crippen molar-refractivity contribution >= 4 is 46.8 Å². The molecule has 0 saturated carbocycles. The van der Waals surface area contributed by atoms with E-state index in [0.29, 0.717) is 0 Å². The van der Waals surface area contributed by atoms with Crippen LogP contribution in [0.25, 0.3) is 12.2 Å². The number of carbonyl (C=O) groups excluding carboxylic acids is 2. The summed E-state index contributed by atoms with van der Waals surface area (Å²) in [5.74, 6) is -1.25. The van der Waals surface area contributed by atoms with Crippen LogP contribution in [0.5, 0.6) is 0 Å². The van der Waals surface area contributed by atoms with Gasteiger partial charge in [0.15, 0.2) is 0 Å². The Bertz CT molecular complexity index is 1770. The molecule has 0 N–H and O–H groups in total. The van der Waals surface area contributed by atoms with Gasteiger partial charge in [0, 0.05) is 42.3 Å². The SMILES string of the molecule is CCOC(=O)/C(C#N)=C/c1ccc(N(C)c2ccc(C(C)(C)c3ccc(N(C)c4ccc(/C=C(\C#N)C(=O)OCC)cc4)cc3)cc2)cc1. The Morgan fingerprint density at radius 2 is 0.878 bits per heavy atom. The molecular formula is C41H40N4O4. The van der Waals surface area contributed by atoms with Crippen molar-refractivity contribution in [3.63, 3.8) is 0 Å². The molecule has 4 aromatic rings. The largest absolute Gasteiger partial charge is 0.462 e. The fraction of sp³-hybridized carbons (Fsp3) is 0.220. The van der Waals surface area contributed by atoms with Crippen LogP contribution in [0.15, 0.2) is 108 Å². The molecular weight excluding hydrogens is 612 g/mol. The maximum absolute atomic E-state index is 12.0. The van der Waals surface area contributed by atoms with Crippen LogP contribution in [0.4, 0.5) is 22.7 Å². The maximum atomic E-state index is 12.0. The molecule has 0 aliphatic carbocycles. The minimum Gasteiger partial charge on any atom is -0.462 e. The van der Waals surface area contributed by atoms with Crippen molar-refractivity contribution in [1.29, 1.82) is 10.5 Å². The summed E-state index contributed by atoms with van der Waals surface area (Å²) >= 11 is 0. The van der Waals surface area contributed by atoms with Gasteiger partial charge in [0.25, 0.3) is 0 Å². The summed E-state index contributed by atoms with van der Waals surface area (Å²) in [7, 11) is 3.99. The molecule has 0 aliphatic rings. The van der Waals surface area contributed by atoms with E-state index in [1.807, 2.05) is 74.8 Å². The molecule has 0 aliphatic heterocycles. The lowest BCUT2D eigenvalue weighted by atomic mass is 9.78. The summed E-state index contributed by atoms with van der Waals surface area (Å²) in [6.45, 7) is 8.26.